The largest absolute Gasteiger partial charge is 0.394 e. The highest BCUT2D eigenvalue weighted by atomic mass is 16.7. The summed E-state index contributed by atoms with van der Waals surface area (Å²) in [5.74, 6) is -0.163. The van der Waals surface area contributed by atoms with Crippen LogP contribution in [0.2, 0.25) is 0 Å². The van der Waals surface area contributed by atoms with Gasteiger partial charge in [-0.3, -0.25) is 4.79 Å². The van der Waals surface area contributed by atoms with Gasteiger partial charge in [0.15, 0.2) is 6.29 Å². The van der Waals surface area contributed by atoms with Crippen LogP contribution in [-0.4, -0.2) is 87.5 Å². The van der Waals surface area contributed by atoms with Crippen LogP contribution in [0.25, 0.3) is 0 Å². The van der Waals surface area contributed by atoms with E-state index in [0.717, 1.165) is 96.3 Å². The molecule has 7 atom stereocenters. The van der Waals surface area contributed by atoms with Gasteiger partial charge >= 0.3 is 0 Å². The van der Waals surface area contributed by atoms with Crippen molar-refractivity contribution >= 4 is 5.91 Å². The predicted molar refractivity (Wildman–Crippen MR) is 253 cm³/mol. The Morgan fingerprint density at radius 3 is 1.51 bits per heavy atom. The van der Waals surface area contributed by atoms with Crippen molar-refractivity contribution in [2.45, 2.75) is 236 Å². The fourth-order valence-corrected chi connectivity index (χ4v) is 7.40. The molecule has 0 saturated carbocycles. The summed E-state index contributed by atoms with van der Waals surface area (Å²) in [6.45, 7) is 3.70. The molecule has 1 aliphatic heterocycles. The van der Waals surface area contributed by atoms with Gasteiger partial charge in [-0.1, -0.05) is 196 Å². The second-order valence-corrected chi connectivity index (χ2v) is 16.9. The predicted octanol–water partition coefficient (Wildman–Crippen LogP) is 10.9. The average molecular weight is 858 g/mol. The molecule has 61 heavy (non-hydrogen) atoms. The molecule has 1 amide bonds. The Morgan fingerprint density at radius 2 is 1.02 bits per heavy atom. The third-order valence-corrected chi connectivity index (χ3v) is 11.3. The molecule has 352 valence electrons. The standard InChI is InChI=1S/C52H91NO8/c1-3-5-7-9-11-13-15-17-18-19-20-21-22-23-24-25-26-27-28-30-32-34-36-38-40-42-48(56)53-45(44-60-52-51(59)50(58)49(57)47(43-54)61-52)46(55)41-39-37-35-33-31-29-16-14-12-10-8-6-4-2/h5,7,11,13,17-18,20-21,23-24,26-27,45-47,49-52,54-55,57-59H,3-4,6,8-10,12,14-16,19,22,25,28-44H2,1-2H3,(H,53,56)/b7-5-,13-11-,18-17-,21-20-,24-23-,27-26-. The van der Waals surface area contributed by atoms with Crippen LogP contribution in [0.5, 0.6) is 0 Å². The molecule has 0 aliphatic carbocycles. The van der Waals surface area contributed by atoms with E-state index in [1.807, 2.05) is 0 Å². The minimum absolute atomic E-state index is 0.148. The Balaban J connectivity index is 2.29. The van der Waals surface area contributed by atoms with Gasteiger partial charge in [-0.2, -0.15) is 0 Å². The van der Waals surface area contributed by atoms with Gasteiger partial charge in [0.1, 0.15) is 24.4 Å². The Hall–Kier alpha value is -2.37. The Kier molecular flexibility index (Phi) is 38.7. The second-order valence-electron chi connectivity index (χ2n) is 16.9. The van der Waals surface area contributed by atoms with Gasteiger partial charge in [-0.25, -0.2) is 0 Å². The van der Waals surface area contributed by atoms with Crippen LogP contribution in [0, 0.1) is 0 Å². The van der Waals surface area contributed by atoms with E-state index in [1.165, 1.54) is 70.6 Å². The average Bonchev–Trinajstić information content (AvgIpc) is 3.26. The smallest absolute Gasteiger partial charge is 0.220 e. The van der Waals surface area contributed by atoms with Crippen LogP contribution in [0.1, 0.15) is 194 Å². The number of carbonyl (C=O) groups is 1. The molecular formula is C52H91NO8. The molecular weight excluding hydrogens is 767 g/mol. The van der Waals surface area contributed by atoms with Crippen molar-refractivity contribution in [1.29, 1.82) is 0 Å². The van der Waals surface area contributed by atoms with E-state index in [0.29, 0.717) is 12.8 Å². The first-order valence-corrected chi connectivity index (χ1v) is 24.6. The SMILES string of the molecule is CC/C=C\C/C=C\C/C=C\C/C=C\C/C=C\C/C=C\CCCCCCCCC(=O)NC(COC1OC(CO)C(O)C(O)C1O)C(O)CCCCCCCCCCCCCCC. The van der Waals surface area contributed by atoms with Crippen LogP contribution in [0.3, 0.4) is 0 Å². The molecule has 1 saturated heterocycles. The number of hydrogen-bond donors (Lipinski definition) is 6. The van der Waals surface area contributed by atoms with Gasteiger partial charge in [0.05, 0.1) is 25.4 Å². The van der Waals surface area contributed by atoms with E-state index in [-0.39, 0.29) is 12.5 Å². The van der Waals surface area contributed by atoms with Crippen molar-refractivity contribution < 1.29 is 39.8 Å². The van der Waals surface area contributed by atoms with Crippen molar-refractivity contribution in [2.75, 3.05) is 13.2 Å². The molecule has 1 aliphatic rings. The van der Waals surface area contributed by atoms with Gasteiger partial charge in [0.25, 0.3) is 0 Å². The van der Waals surface area contributed by atoms with E-state index in [4.69, 9.17) is 9.47 Å². The molecule has 0 aromatic heterocycles. The molecule has 1 heterocycles. The molecule has 0 radical (unpaired) electrons. The Labute approximate surface area is 372 Å². The van der Waals surface area contributed by atoms with E-state index < -0.39 is 49.5 Å². The highest BCUT2D eigenvalue weighted by Crippen LogP contribution is 2.23. The number of aliphatic hydroxyl groups is 5. The number of amides is 1. The molecule has 1 fully saturated rings. The number of hydrogen-bond acceptors (Lipinski definition) is 8. The maximum Gasteiger partial charge on any atom is 0.220 e. The number of unbranched alkanes of at least 4 members (excludes halogenated alkanes) is 18. The normalized spacial score (nSPS) is 21.1. The summed E-state index contributed by atoms with van der Waals surface area (Å²) in [4.78, 5) is 13.0. The third-order valence-electron chi connectivity index (χ3n) is 11.3. The molecule has 0 aromatic carbocycles. The van der Waals surface area contributed by atoms with Gasteiger partial charge in [0.2, 0.25) is 5.91 Å². The van der Waals surface area contributed by atoms with Gasteiger partial charge in [-0.15, -0.1) is 0 Å². The number of nitrogens with one attached hydrogen (secondary N) is 1. The van der Waals surface area contributed by atoms with Crippen molar-refractivity contribution in [2.24, 2.45) is 0 Å². The molecule has 6 N–H and O–H groups in total. The van der Waals surface area contributed by atoms with Crippen LogP contribution in [-0.2, 0) is 14.3 Å². The summed E-state index contributed by atoms with van der Waals surface area (Å²) < 4.78 is 11.3. The molecule has 7 unspecified atom stereocenters. The monoisotopic (exact) mass is 858 g/mol. The summed E-state index contributed by atoms with van der Waals surface area (Å²) in [6.07, 6.45) is 49.0. The summed E-state index contributed by atoms with van der Waals surface area (Å²) >= 11 is 0. The second kappa shape index (κ2) is 41.6. The summed E-state index contributed by atoms with van der Waals surface area (Å²) in [6, 6.07) is -0.730. The fourth-order valence-electron chi connectivity index (χ4n) is 7.40. The van der Waals surface area contributed by atoms with E-state index in [9.17, 15) is 30.3 Å². The Morgan fingerprint density at radius 1 is 0.574 bits per heavy atom. The number of rotatable bonds is 40. The lowest BCUT2D eigenvalue weighted by Crippen LogP contribution is -2.60. The van der Waals surface area contributed by atoms with Crippen LogP contribution >= 0.6 is 0 Å². The molecule has 9 nitrogen and oxygen atoms in total. The number of allylic oxidation sites excluding steroid dienone is 12. The number of aliphatic hydroxyl groups excluding tert-OH is 5. The maximum absolute atomic E-state index is 13.0. The van der Waals surface area contributed by atoms with Crippen LogP contribution in [0.4, 0.5) is 0 Å². The fraction of sp³-hybridized carbons (Fsp3) is 0.750. The van der Waals surface area contributed by atoms with Crippen molar-refractivity contribution in [1.82, 2.24) is 5.32 Å². The van der Waals surface area contributed by atoms with E-state index in [1.54, 1.807) is 0 Å². The van der Waals surface area contributed by atoms with Gasteiger partial charge < -0.3 is 40.3 Å². The van der Waals surface area contributed by atoms with Crippen molar-refractivity contribution in [3.8, 4) is 0 Å². The zero-order chi connectivity index (χ0) is 44.4. The minimum Gasteiger partial charge on any atom is -0.394 e. The highest BCUT2D eigenvalue weighted by Gasteiger charge is 2.44. The summed E-state index contributed by atoms with van der Waals surface area (Å²) in [5.41, 5.74) is 0. The van der Waals surface area contributed by atoms with Crippen LogP contribution < -0.4 is 5.32 Å². The number of ether oxygens (including phenoxy) is 2. The van der Waals surface area contributed by atoms with E-state index in [2.05, 4.69) is 92.1 Å². The lowest BCUT2D eigenvalue weighted by atomic mass is 9.99. The molecule has 0 aromatic rings. The highest BCUT2D eigenvalue weighted by molar-refractivity contribution is 5.76. The third kappa shape index (κ3) is 32.0. The molecule has 0 spiro atoms. The lowest BCUT2D eigenvalue weighted by molar-refractivity contribution is -0.302. The molecule has 9 heteroatoms. The lowest BCUT2D eigenvalue weighted by Gasteiger charge is -2.40. The first kappa shape index (κ1) is 56.6. The zero-order valence-corrected chi connectivity index (χ0v) is 38.6. The molecule has 0 bridgehead atoms. The van der Waals surface area contributed by atoms with Gasteiger partial charge in [-0.05, 0) is 64.2 Å². The van der Waals surface area contributed by atoms with Crippen molar-refractivity contribution in [3.05, 3.63) is 72.9 Å². The van der Waals surface area contributed by atoms with Crippen molar-refractivity contribution in [3.63, 3.8) is 0 Å². The summed E-state index contributed by atoms with van der Waals surface area (Å²) in [5, 5.41) is 54.4. The maximum atomic E-state index is 13.0. The number of carbonyl (C=O) groups excluding carboxylic acids is 1. The van der Waals surface area contributed by atoms with E-state index >= 15 is 0 Å². The first-order chi connectivity index (χ1) is 29.8. The quantitative estimate of drug-likeness (QED) is 0.0264. The molecule has 1 rings (SSSR count). The first-order valence-electron chi connectivity index (χ1n) is 24.6. The van der Waals surface area contributed by atoms with Gasteiger partial charge in [0, 0.05) is 6.42 Å². The van der Waals surface area contributed by atoms with Crippen LogP contribution in [0.15, 0.2) is 72.9 Å². The summed E-state index contributed by atoms with van der Waals surface area (Å²) in [7, 11) is 0. The Bertz CT molecular complexity index is 1180. The zero-order valence-electron chi connectivity index (χ0n) is 38.6. The topological polar surface area (TPSA) is 149 Å². The minimum atomic E-state index is -1.56.